The van der Waals surface area contributed by atoms with Gasteiger partial charge in [0.25, 0.3) is 0 Å². The van der Waals surface area contributed by atoms with Crippen molar-refractivity contribution in [1.82, 2.24) is 0 Å². The molecule has 0 saturated heterocycles. The van der Waals surface area contributed by atoms with Crippen molar-refractivity contribution in [2.24, 2.45) is 0 Å². The first kappa shape index (κ1) is 16.6. The topological polar surface area (TPSA) is 50.5 Å². The lowest BCUT2D eigenvalue weighted by atomic mass is 10.2. The van der Waals surface area contributed by atoms with Gasteiger partial charge >= 0.3 is 0 Å². The van der Waals surface area contributed by atoms with E-state index in [0.717, 1.165) is 5.56 Å². The van der Waals surface area contributed by atoms with E-state index in [4.69, 9.17) is 16.0 Å². The fourth-order valence-electron chi connectivity index (χ4n) is 2.36. The number of benzene rings is 2. The molecule has 6 heteroatoms. The molecule has 0 saturated carbocycles. The highest BCUT2D eigenvalue weighted by atomic mass is 35.5. The van der Waals surface area contributed by atoms with E-state index in [-0.39, 0.29) is 12.3 Å². The Labute approximate surface area is 146 Å². The summed E-state index contributed by atoms with van der Waals surface area (Å²) < 4.78 is 32.6. The normalized spacial score (nSPS) is 11.4. The number of sulfonamides is 1. The van der Waals surface area contributed by atoms with Gasteiger partial charge in [-0.3, -0.25) is 4.31 Å². The van der Waals surface area contributed by atoms with E-state index < -0.39 is 10.0 Å². The Morgan fingerprint density at radius 2 is 1.62 bits per heavy atom. The molecule has 2 aromatic carbocycles. The van der Waals surface area contributed by atoms with Gasteiger partial charge in [-0.25, -0.2) is 8.42 Å². The average molecular weight is 362 g/mol. The second-order valence-corrected chi connectivity index (χ2v) is 7.63. The smallest absolute Gasteiger partial charge is 0.239 e. The molecule has 0 spiro atoms. The van der Waals surface area contributed by atoms with Crippen molar-refractivity contribution in [2.45, 2.75) is 12.3 Å². The standard InChI is InChI=1S/C18H16ClNO3S/c19-16-8-10-17(11-9-16)20(13-18-7-4-12-23-18)24(21,22)14-15-5-2-1-3-6-15/h1-12H,13-14H2. The maximum Gasteiger partial charge on any atom is 0.239 e. The second-order valence-electron chi connectivity index (χ2n) is 5.30. The van der Waals surface area contributed by atoms with Crippen molar-refractivity contribution in [2.75, 3.05) is 4.31 Å². The number of rotatable bonds is 6. The van der Waals surface area contributed by atoms with Crippen LogP contribution in [0.3, 0.4) is 0 Å². The van der Waals surface area contributed by atoms with Gasteiger partial charge < -0.3 is 4.42 Å². The zero-order valence-corrected chi connectivity index (χ0v) is 14.4. The molecule has 124 valence electrons. The number of halogens is 1. The Balaban J connectivity index is 1.95. The van der Waals surface area contributed by atoms with Crippen molar-refractivity contribution in [3.05, 3.63) is 89.3 Å². The first-order valence-electron chi connectivity index (χ1n) is 7.37. The first-order chi connectivity index (χ1) is 11.5. The van der Waals surface area contributed by atoms with Crippen LogP contribution in [0.1, 0.15) is 11.3 Å². The molecule has 0 bridgehead atoms. The summed E-state index contributed by atoms with van der Waals surface area (Å²) >= 11 is 5.92. The van der Waals surface area contributed by atoms with Gasteiger partial charge in [-0.15, -0.1) is 0 Å². The minimum absolute atomic E-state index is 0.0861. The molecule has 0 aliphatic heterocycles. The lowest BCUT2D eigenvalue weighted by molar-refractivity contribution is 0.508. The maximum atomic E-state index is 13.0. The van der Waals surface area contributed by atoms with E-state index in [2.05, 4.69) is 0 Å². The third kappa shape index (κ3) is 3.99. The Morgan fingerprint density at radius 1 is 0.917 bits per heavy atom. The van der Waals surface area contributed by atoms with Crippen LogP contribution >= 0.6 is 11.6 Å². The number of nitrogens with zero attached hydrogens (tertiary/aromatic N) is 1. The largest absolute Gasteiger partial charge is 0.467 e. The molecule has 0 aliphatic rings. The molecule has 0 fully saturated rings. The zero-order chi connectivity index (χ0) is 17.0. The monoisotopic (exact) mass is 361 g/mol. The van der Waals surface area contributed by atoms with E-state index >= 15 is 0 Å². The third-order valence-electron chi connectivity index (χ3n) is 3.52. The summed E-state index contributed by atoms with van der Waals surface area (Å²) in [6, 6.07) is 19.3. The predicted molar refractivity (Wildman–Crippen MR) is 95.4 cm³/mol. The number of anilines is 1. The fourth-order valence-corrected chi connectivity index (χ4v) is 4.03. The summed E-state index contributed by atoms with van der Waals surface area (Å²) in [5, 5.41) is 0.553. The molecule has 0 atom stereocenters. The van der Waals surface area contributed by atoms with Gasteiger partial charge in [0.05, 0.1) is 24.2 Å². The fraction of sp³-hybridized carbons (Fsp3) is 0.111. The minimum Gasteiger partial charge on any atom is -0.467 e. The number of furan rings is 1. The molecule has 24 heavy (non-hydrogen) atoms. The molecule has 0 amide bonds. The van der Waals surface area contributed by atoms with Crippen molar-refractivity contribution in [1.29, 1.82) is 0 Å². The van der Waals surface area contributed by atoms with Crippen molar-refractivity contribution in [3.8, 4) is 0 Å². The van der Waals surface area contributed by atoms with Crippen LogP contribution in [-0.4, -0.2) is 8.42 Å². The van der Waals surface area contributed by atoms with Gasteiger partial charge in [0.1, 0.15) is 5.76 Å². The van der Waals surface area contributed by atoms with Crippen molar-refractivity contribution in [3.63, 3.8) is 0 Å². The molecule has 0 radical (unpaired) electrons. The molecule has 0 aliphatic carbocycles. The molecular weight excluding hydrogens is 346 g/mol. The molecule has 1 aromatic heterocycles. The van der Waals surface area contributed by atoms with Gasteiger partial charge in [0, 0.05) is 5.02 Å². The Hall–Kier alpha value is -2.24. The Bertz CT molecular complexity index is 876. The van der Waals surface area contributed by atoms with Crippen LogP contribution in [0.5, 0.6) is 0 Å². The third-order valence-corrected chi connectivity index (χ3v) is 5.48. The van der Waals surface area contributed by atoms with Crippen LogP contribution in [0.2, 0.25) is 5.02 Å². The summed E-state index contributed by atoms with van der Waals surface area (Å²) in [7, 11) is -3.59. The summed E-state index contributed by atoms with van der Waals surface area (Å²) in [5.74, 6) is 0.485. The molecular formula is C18H16ClNO3S. The van der Waals surface area contributed by atoms with E-state index in [1.807, 2.05) is 18.2 Å². The van der Waals surface area contributed by atoms with Gasteiger partial charge in [-0.1, -0.05) is 41.9 Å². The van der Waals surface area contributed by atoms with Crippen molar-refractivity contribution < 1.29 is 12.8 Å². The van der Waals surface area contributed by atoms with E-state index in [1.165, 1.54) is 10.6 Å². The summed E-state index contributed by atoms with van der Waals surface area (Å²) in [6.07, 6.45) is 1.53. The molecule has 0 N–H and O–H groups in total. The predicted octanol–water partition coefficient (Wildman–Crippen LogP) is 4.47. The average Bonchev–Trinajstić information content (AvgIpc) is 3.07. The Kier molecular flexibility index (Phi) is 4.92. The van der Waals surface area contributed by atoms with Crippen LogP contribution in [0.4, 0.5) is 5.69 Å². The quantitative estimate of drug-likeness (QED) is 0.650. The molecule has 3 aromatic rings. The SMILES string of the molecule is O=S(=O)(Cc1ccccc1)N(Cc1ccco1)c1ccc(Cl)cc1. The molecule has 3 rings (SSSR count). The van der Waals surface area contributed by atoms with Gasteiger partial charge in [0.2, 0.25) is 10.0 Å². The van der Waals surface area contributed by atoms with Gasteiger partial charge in [0.15, 0.2) is 0 Å². The highest BCUT2D eigenvalue weighted by Gasteiger charge is 2.24. The summed E-state index contributed by atoms with van der Waals surface area (Å²) in [5.41, 5.74) is 1.28. The Morgan fingerprint density at radius 3 is 2.25 bits per heavy atom. The van der Waals surface area contributed by atoms with Crippen LogP contribution in [0.25, 0.3) is 0 Å². The maximum absolute atomic E-state index is 13.0. The minimum atomic E-state index is -3.59. The van der Waals surface area contributed by atoms with Crippen LogP contribution in [0, 0.1) is 0 Å². The highest BCUT2D eigenvalue weighted by molar-refractivity contribution is 7.92. The lowest BCUT2D eigenvalue weighted by Crippen LogP contribution is -2.31. The molecule has 1 heterocycles. The second kappa shape index (κ2) is 7.11. The lowest BCUT2D eigenvalue weighted by Gasteiger charge is -2.23. The van der Waals surface area contributed by atoms with E-state index in [1.54, 1.807) is 48.5 Å². The van der Waals surface area contributed by atoms with Crippen LogP contribution in [-0.2, 0) is 22.3 Å². The summed E-state index contributed by atoms with van der Waals surface area (Å²) in [6.45, 7) is 0.129. The highest BCUT2D eigenvalue weighted by Crippen LogP contribution is 2.25. The van der Waals surface area contributed by atoms with Crippen LogP contribution < -0.4 is 4.31 Å². The summed E-state index contributed by atoms with van der Waals surface area (Å²) in [4.78, 5) is 0. The molecule has 0 unspecified atom stereocenters. The van der Waals surface area contributed by atoms with Gasteiger partial charge in [-0.2, -0.15) is 0 Å². The van der Waals surface area contributed by atoms with Crippen LogP contribution in [0.15, 0.2) is 77.4 Å². The van der Waals surface area contributed by atoms with E-state index in [0.29, 0.717) is 16.5 Å². The van der Waals surface area contributed by atoms with Crippen molar-refractivity contribution >= 4 is 27.3 Å². The van der Waals surface area contributed by atoms with Gasteiger partial charge in [-0.05, 0) is 42.0 Å². The number of hydrogen-bond donors (Lipinski definition) is 0. The molecule has 4 nitrogen and oxygen atoms in total. The zero-order valence-electron chi connectivity index (χ0n) is 12.8. The van der Waals surface area contributed by atoms with E-state index in [9.17, 15) is 8.42 Å². The first-order valence-corrected chi connectivity index (χ1v) is 9.35. The number of hydrogen-bond acceptors (Lipinski definition) is 3.